The molecule has 4 rings (SSSR count). The lowest BCUT2D eigenvalue weighted by Gasteiger charge is -2.39. The molecule has 3 aromatic rings. The van der Waals surface area contributed by atoms with E-state index < -0.39 is 78.7 Å². The largest absolute Gasteiger partial charge is 0.507 e. The molecule has 3 aromatic carbocycles. The van der Waals surface area contributed by atoms with Gasteiger partial charge in [0.2, 0.25) is 6.29 Å². The van der Waals surface area contributed by atoms with Crippen molar-refractivity contribution in [2.45, 2.75) is 64.4 Å². The predicted molar refractivity (Wildman–Crippen MR) is 177 cm³/mol. The smallest absolute Gasteiger partial charge is 0.347 e. The Hall–Kier alpha value is -5.46. The third-order valence-electron chi connectivity index (χ3n) is 8.16. The molecule has 1 aliphatic rings. The standard InChI is InChI=1S/C35H39NO16/c1-14-8-19(10-21(38)25(14)31(42)36-17(4)32(43)44)49-34(46)27-16(3)9-20(50-33(45)26-15(2)7-18(47-5)11-22(26)48-6)12-23(27)51-35-30(41)29(40)28(39)24(13-37)52-35/h7-12,17,24,28-30,35,37-41H,13H2,1-6H3,(H,36,42)(H,43,44)/t17-,24+,28+,29-,30+,35-/m0/s1. The second-order valence-electron chi connectivity index (χ2n) is 11.9. The SMILES string of the molecule is COc1cc(C)c(C(=O)Oc2cc(C)c(C(=O)Oc3cc(C)c(C(=O)N[C@@H](C)C(=O)O)c(O)c3)c(O[C@H]3O[C@H](CO)[C@@H](O)[C@H](O)[C@H]3O)c2)c(OC)c1. The first-order valence-electron chi connectivity index (χ1n) is 15.7. The second kappa shape index (κ2) is 16.3. The molecule has 0 aromatic heterocycles. The Morgan fingerprint density at radius 1 is 0.750 bits per heavy atom. The van der Waals surface area contributed by atoms with Gasteiger partial charge < -0.3 is 64.4 Å². The summed E-state index contributed by atoms with van der Waals surface area (Å²) in [6.45, 7) is 4.95. The molecule has 1 heterocycles. The molecule has 1 amide bonds. The number of carboxylic acids is 1. The number of carboxylic acid groups (broad SMARTS) is 1. The lowest BCUT2D eigenvalue weighted by molar-refractivity contribution is -0.277. The number of aromatic hydroxyl groups is 1. The predicted octanol–water partition coefficient (Wildman–Crippen LogP) is 1.15. The van der Waals surface area contributed by atoms with Crippen molar-refractivity contribution >= 4 is 23.8 Å². The van der Waals surface area contributed by atoms with E-state index in [1.54, 1.807) is 13.0 Å². The van der Waals surface area contributed by atoms with E-state index >= 15 is 0 Å². The number of nitrogens with one attached hydrogen (secondary N) is 1. The minimum atomic E-state index is -1.89. The van der Waals surface area contributed by atoms with Gasteiger partial charge in [-0.05, 0) is 62.6 Å². The molecule has 17 heteroatoms. The van der Waals surface area contributed by atoms with Gasteiger partial charge in [-0.15, -0.1) is 0 Å². The molecule has 7 N–H and O–H groups in total. The summed E-state index contributed by atoms with van der Waals surface area (Å²) in [5.41, 5.74) is 0.182. The molecule has 0 saturated carbocycles. The number of hydrogen-bond donors (Lipinski definition) is 7. The molecule has 0 bridgehead atoms. The minimum Gasteiger partial charge on any atom is -0.507 e. The van der Waals surface area contributed by atoms with Crippen LogP contribution in [0.15, 0.2) is 36.4 Å². The molecule has 0 spiro atoms. The summed E-state index contributed by atoms with van der Waals surface area (Å²) in [6, 6.07) is 6.42. The van der Waals surface area contributed by atoms with E-state index in [-0.39, 0.29) is 45.1 Å². The number of carbonyl (C=O) groups excluding carboxylic acids is 3. The fraction of sp³-hybridized carbons (Fsp3) is 0.371. The van der Waals surface area contributed by atoms with Crippen molar-refractivity contribution < 1.29 is 78.2 Å². The van der Waals surface area contributed by atoms with Gasteiger partial charge in [0, 0.05) is 18.2 Å². The highest BCUT2D eigenvalue weighted by Crippen LogP contribution is 2.36. The van der Waals surface area contributed by atoms with E-state index in [4.69, 9.17) is 33.5 Å². The molecule has 280 valence electrons. The average molecular weight is 730 g/mol. The molecule has 1 saturated heterocycles. The Labute approximate surface area is 296 Å². The first-order valence-corrected chi connectivity index (χ1v) is 15.7. The van der Waals surface area contributed by atoms with E-state index in [1.807, 2.05) is 0 Å². The zero-order valence-corrected chi connectivity index (χ0v) is 28.9. The number of aliphatic hydroxyl groups is 4. The average Bonchev–Trinajstić information content (AvgIpc) is 3.07. The van der Waals surface area contributed by atoms with E-state index in [2.05, 4.69) is 5.32 Å². The van der Waals surface area contributed by atoms with Crippen LogP contribution in [-0.2, 0) is 9.53 Å². The molecule has 1 aliphatic heterocycles. The van der Waals surface area contributed by atoms with Crippen LogP contribution in [0.3, 0.4) is 0 Å². The summed E-state index contributed by atoms with van der Waals surface area (Å²) in [5, 5.41) is 62.9. The molecule has 0 aliphatic carbocycles. The number of hydrogen-bond acceptors (Lipinski definition) is 15. The van der Waals surface area contributed by atoms with Crippen molar-refractivity contribution in [1.29, 1.82) is 0 Å². The zero-order chi connectivity index (χ0) is 38.6. The fourth-order valence-corrected chi connectivity index (χ4v) is 5.43. The lowest BCUT2D eigenvalue weighted by atomic mass is 9.99. The number of esters is 2. The number of aliphatic carboxylic acids is 1. The number of benzene rings is 3. The lowest BCUT2D eigenvalue weighted by Crippen LogP contribution is -2.60. The van der Waals surface area contributed by atoms with Crippen LogP contribution in [-0.4, -0.2) is 112 Å². The van der Waals surface area contributed by atoms with Crippen molar-refractivity contribution in [3.63, 3.8) is 0 Å². The topological polar surface area (TPSA) is 257 Å². The Kier molecular flexibility index (Phi) is 12.3. The zero-order valence-electron chi connectivity index (χ0n) is 28.9. The minimum absolute atomic E-state index is 0.0607. The Balaban J connectivity index is 1.73. The van der Waals surface area contributed by atoms with Gasteiger partial charge in [-0.25, -0.2) is 9.59 Å². The quantitative estimate of drug-likeness (QED) is 0.102. The summed E-state index contributed by atoms with van der Waals surface area (Å²) in [4.78, 5) is 51.0. The van der Waals surface area contributed by atoms with E-state index in [1.165, 1.54) is 53.2 Å². The second-order valence-corrected chi connectivity index (χ2v) is 11.9. The van der Waals surface area contributed by atoms with Gasteiger partial charge in [0.15, 0.2) is 0 Å². The summed E-state index contributed by atoms with van der Waals surface area (Å²) >= 11 is 0. The van der Waals surface area contributed by atoms with E-state index in [0.717, 1.165) is 12.1 Å². The Morgan fingerprint density at radius 2 is 1.27 bits per heavy atom. The molecular weight excluding hydrogens is 690 g/mol. The Bertz CT molecular complexity index is 1830. The van der Waals surface area contributed by atoms with E-state index in [9.17, 15) is 44.7 Å². The summed E-state index contributed by atoms with van der Waals surface area (Å²) < 4.78 is 33.1. The highest BCUT2D eigenvalue weighted by atomic mass is 16.7. The van der Waals surface area contributed by atoms with Gasteiger partial charge in [0.1, 0.15) is 76.1 Å². The number of methoxy groups -OCH3 is 2. The van der Waals surface area contributed by atoms with Crippen LogP contribution in [0.2, 0.25) is 0 Å². The van der Waals surface area contributed by atoms with E-state index in [0.29, 0.717) is 11.3 Å². The molecule has 17 nitrogen and oxygen atoms in total. The van der Waals surface area contributed by atoms with Crippen LogP contribution in [0.5, 0.6) is 34.5 Å². The van der Waals surface area contributed by atoms with Gasteiger partial charge in [-0.2, -0.15) is 0 Å². The third-order valence-corrected chi connectivity index (χ3v) is 8.16. The summed E-state index contributed by atoms with van der Waals surface area (Å²) in [7, 11) is 2.80. The van der Waals surface area contributed by atoms with Crippen LogP contribution in [0, 0.1) is 20.8 Å². The highest BCUT2D eigenvalue weighted by Gasteiger charge is 2.45. The molecule has 1 fully saturated rings. The number of aliphatic hydroxyl groups excluding tert-OH is 4. The number of aryl methyl sites for hydroxylation is 3. The van der Waals surface area contributed by atoms with Crippen LogP contribution in [0.1, 0.15) is 54.7 Å². The third kappa shape index (κ3) is 8.35. The number of rotatable bonds is 12. The maximum absolute atomic E-state index is 13.7. The van der Waals surface area contributed by atoms with Gasteiger partial charge in [-0.1, -0.05) is 0 Å². The normalized spacial score (nSPS) is 20.3. The van der Waals surface area contributed by atoms with Crippen LogP contribution in [0.4, 0.5) is 0 Å². The van der Waals surface area contributed by atoms with Crippen molar-refractivity contribution in [2.75, 3.05) is 20.8 Å². The van der Waals surface area contributed by atoms with Crippen molar-refractivity contribution in [1.82, 2.24) is 5.32 Å². The number of ether oxygens (including phenoxy) is 6. The summed E-state index contributed by atoms with van der Waals surface area (Å²) in [6.07, 6.45) is -8.57. The fourth-order valence-electron chi connectivity index (χ4n) is 5.43. The maximum atomic E-state index is 13.7. The van der Waals surface area contributed by atoms with Gasteiger partial charge in [-0.3, -0.25) is 9.59 Å². The molecule has 52 heavy (non-hydrogen) atoms. The van der Waals surface area contributed by atoms with Crippen LogP contribution < -0.4 is 29.0 Å². The van der Waals surface area contributed by atoms with Crippen molar-refractivity contribution in [2.24, 2.45) is 0 Å². The van der Waals surface area contributed by atoms with Crippen LogP contribution >= 0.6 is 0 Å². The first-order chi connectivity index (χ1) is 24.5. The number of phenols is 1. The first kappa shape index (κ1) is 39.3. The van der Waals surface area contributed by atoms with Gasteiger partial charge in [0.25, 0.3) is 5.91 Å². The molecule has 0 unspecified atom stereocenters. The van der Waals surface area contributed by atoms with Gasteiger partial charge >= 0.3 is 17.9 Å². The molecular formula is C35H39NO16. The van der Waals surface area contributed by atoms with Gasteiger partial charge in [0.05, 0.1) is 26.4 Å². The van der Waals surface area contributed by atoms with Crippen molar-refractivity contribution in [3.8, 4) is 34.5 Å². The number of amides is 1. The maximum Gasteiger partial charge on any atom is 0.347 e. The summed E-state index contributed by atoms with van der Waals surface area (Å²) in [5.74, 6) is -4.99. The van der Waals surface area contributed by atoms with Crippen molar-refractivity contribution in [3.05, 3.63) is 69.8 Å². The molecule has 6 atom stereocenters. The molecule has 0 radical (unpaired) electrons. The van der Waals surface area contributed by atoms with Crippen LogP contribution in [0.25, 0.3) is 0 Å². The number of phenolic OH excluding ortho intramolecular Hbond substituents is 1. The highest BCUT2D eigenvalue weighted by molar-refractivity contribution is 6.01. The number of carbonyl (C=O) groups is 4. The Morgan fingerprint density at radius 3 is 1.79 bits per heavy atom. The monoisotopic (exact) mass is 729 g/mol.